The molecule has 1 aliphatic carbocycles. The summed E-state index contributed by atoms with van der Waals surface area (Å²) in [5.74, 6) is 0.612. The first-order chi connectivity index (χ1) is 8.86. The molecule has 19 heavy (non-hydrogen) atoms. The molecule has 1 saturated heterocycles. The average molecular weight is 256 g/mol. The average Bonchev–Trinajstić information content (AvgIpc) is 2.71. The minimum Gasteiger partial charge on any atom is -0.356 e. The smallest absolute Gasteiger partial charge is 0.195 e. The van der Waals surface area contributed by atoms with E-state index >= 15 is 0 Å². The molecular weight excluding hydrogens is 236 g/mol. The minimum absolute atomic E-state index is 0.216. The van der Waals surface area contributed by atoms with Gasteiger partial charge in [0, 0.05) is 5.56 Å². The van der Waals surface area contributed by atoms with Crippen LogP contribution >= 0.6 is 0 Å². The zero-order chi connectivity index (χ0) is 13.5. The summed E-state index contributed by atoms with van der Waals surface area (Å²) in [7, 11) is 0. The third-order valence-corrected chi connectivity index (χ3v) is 5.37. The van der Waals surface area contributed by atoms with Gasteiger partial charge in [0.2, 0.25) is 0 Å². The molecule has 1 spiro atoms. The lowest BCUT2D eigenvalue weighted by molar-refractivity contribution is -0.0948. The molecular formula is C17H20O2. The molecule has 1 aromatic rings. The molecule has 0 aromatic heterocycles. The summed E-state index contributed by atoms with van der Waals surface area (Å²) in [6.45, 7) is 6.68. The van der Waals surface area contributed by atoms with Crippen LogP contribution in [0.5, 0.6) is 0 Å². The maximum atomic E-state index is 13.0. The first kappa shape index (κ1) is 11.7. The fourth-order valence-corrected chi connectivity index (χ4v) is 4.88. The second kappa shape index (κ2) is 3.12. The van der Waals surface area contributed by atoms with Gasteiger partial charge in [0.1, 0.15) is 5.60 Å². The molecule has 100 valence electrons. The molecule has 0 radical (unpaired) electrons. The van der Waals surface area contributed by atoms with Gasteiger partial charge < -0.3 is 4.74 Å². The molecule has 2 bridgehead atoms. The Bertz CT molecular complexity index is 589. The van der Waals surface area contributed by atoms with Gasteiger partial charge >= 0.3 is 0 Å². The van der Waals surface area contributed by atoms with Crippen molar-refractivity contribution < 1.29 is 9.53 Å². The summed E-state index contributed by atoms with van der Waals surface area (Å²) >= 11 is 0. The third kappa shape index (κ3) is 1.28. The van der Waals surface area contributed by atoms with Crippen LogP contribution in [0.25, 0.3) is 0 Å². The molecule has 1 saturated carbocycles. The SMILES string of the molecule is CC1(C)C[C@@H]2C[C@]3(C)O[C@@]2(C1)C(=O)c1ccccc13. The van der Waals surface area contributed by atoms with Crippen molar-refractivity contribution in [3.8, 4) is 0 Å². The predicted molar refractivity (Wildman–Crippen MR) is 73.1 cm³/mol. The van der Waals surface area contributed by atoms with E-state index < -0.39 is 5.60 Å². The molecule has 2 nitrogen and oxygen atoms in total. The standard InChI is InChI=1S/C17H20O2/c1-15(2)8-11-9-16(3)13-7-5-4-6-12(13)14(18)17(11,10-15)19-16/h4-7,11H,8-10H2,1-3H3/t11-,16+,17-/m1/s1. The molecule has 2 fully saturated rings. The maximum Gasteiger partial charge on any atom is 0.195 e. The van der Waals surface area contributed by atoms with Crippen molar-refractivity contribution in [3.05, 3.63) is 35.4 Å². The lowest BCUT2D eigenvalue weighted by Crippen LogP contribution is -2.47. The lowest BCUT2D eigenvalue weighted by Gasteiger charge is -2.39. The number of carbonyl (C=O) groups is 1. The lowest BCUT2D eigenvalue weighted by atomic mass is 9.81. The Hall–Kier alpha value is -1.15. The van der Waals surface area contributed by atoms with E-state index in [4.69, 9.17) is 4.74 Å². The van der Waals surface area contributed by atoms with Crippen LogP contribution in [0.1, 0.15) is 56.0 Å². The molecule has 3 aliphatic rings. The Kier molecular flexibility index (Phi) is 1.91. The van der Waals surface area contributed by atoms with E-state index in [1.165, 1.54) is 0 Å². The number of ketones is 1. The van der Waals surface area contributed by atoms with Gasteiger partial charge in [-0.15, -0.1) is 0 Å². The molecule has 0 amide bonds. The van der Waals surface area contributed by atoms with Gasteiger partial charge in [-0.2, -0.15) is 0 Å². The topological polar surface area (TPSA) is 26.3 Å². The molecule has 2 heterocycles. The monoisotopic (exact) mass is 256 g/mol. The van der Waals surface area contributed by atoms with Crippen LogP contribution in [0, 0.1) is 11.3 Å². The number of rotatable bonds is 0. The highest BCUT2D eigenvalue weighted by atomic mass is 16.5. The zero-order valence-electron chi connectivity index (χ0n) is 11.8. The number of ether oxygens (including phenoxy) is 1. The van der Waals surface area contributed by atoms with E-state index in [-0.39, 0.29) is 16.8 Å². The number of Topliss-reactive ketones (excluding diaryl/α,β-unsaturated/α-hetero) is 1. The Morgan fingerprint density at radius 3 is 2.68 bits per heavy atom. The number of carbonyl (C=O) groups excluding carboxylic acids is 1. The van der Waals surface area contributed by atoms with Crippen LogP contribution in [0.15, 0.2) is 24.3 Å². The zero-order valence-corrected chi connectivity index (χ0v) is 11.8. The van der Waals surface area contributed by atoms with E-state index in [9.17, 15) is 4.79 Å². The van der Waals surface area contributed by atoms with Crippen LogP contribution < -0.4 is 0 Å². The minimum atomic E-state index is -0.535. The van der Waals surface area contributed by atoms with Crippen molar-refractivity contribution in [3.63, 3.8) is 0 Å². The fourth-order valence-electron chi connectivity index (χ4n) is 4.88. The van der Waals surface area contributed by atoms with Crippen molar-refractivity contribution in [2.24, 2.45) is 11.3 Å². The van der Waals surface area contributed by atoms with Crippen molar-refractivity contribution in [1.82, 2.24) is 0 Å². The van der Waals surface area contributed by atoms with Crippen LogP contribution in [-0.2, 0) is 10.3 Å². The van der Waals surface area contributed by atoms with E-state index in [2.05, 4.69) is 26.8 Å². The van der Waals surface area contributed by atoms with E-state index in [1.54, 1.807) is 0 Å². The molecule has 1 aromatic carbocycles. The van der Waals surface area contributed by atoms with Crippen molar-refractivity contribution in [2.45, 2.75) is 51.2 Å². The summed E-state index contributed by atoms with van der Waals surface area (Å²) < 4.78 is 6.42. The largest absolute Gasteiger partial charge is 0.356 e. The van der Waals surface area contributed by atoms with Crippen molar-refractivity contribution >= 4 is 5.78 Å². The molecule has 4 rings (SSSR count). The van der Waals surface area contributed by atoms with Crippen LogP contribution in [0.3, 0.4) is 0 Å². The summed E-state index contributed by atoms with van der Waals surface area (Å²) in [4.78, 5) is 13.0. The quantitative estimate of drug-likeness (QED) is 0.707. The molecule has 2 heteroatoms. The Balaban J connectivity index is 1.93. The van der Waals surface area contributed by atoms with Crippen LogP contribution in [-0.4, -0.2) is 11.4 Å². The van der Waals surface area contributed by atoms with E-state index in [0.717, 1.165) is 30.4 Å². The highest BCUT2D eigenvalue weighted by molar-refractivity contribution is 6.06. The predicted octanol–water partition coefficient (Wildman–Crippen LogP) is 3.69. The number of benzene rings is 1. The normalized spacial score (nSPS) is 42.1. The first-order valence-corrected chi connectivity index (χ1v) is 7.21. The summed E-state index contributed by atoms with van der Waals surface area (Å²) in [6, 6.07) is 8.02. The second-order valence-corrected chi connectivity index (χ2v) is 7.54. The first-order valence-electron chi connectivity index (χ1n) is 7.21. The highest BCUT2D eigenvalue weighted by Gasteiger charge is 2.67. The molecule has 2 aliphatic heterocycles. The van der Waals surface area contributed by atoms with Crippen LogP contribution in [0.2, 0.25) is 0 Å². The van der Waals surface area contributed by atoms with Gasteiger partial charge in [-0.3, -0.25) is 4.79 Å². The Morgan fingerprint density at radius 2 is 1.89 bits per heavy atom. The van der Waals surface area contributed by atoms with Crippen LogP contribution in [0.4, 0.5) is 0 Å². The van der Waals surface area contributed by atoms with Gasteiger partial charge in [0.05, 0.1) is 5.60 Å². The van der Waals surface area contributed by atoms with E-state index in [0.29, 0.717) is 5.92 Å². The number of hydrogen-bond donors (Lipinski definition) is 0. The third-order valence-electron chi connectivity index (χ3n) is 5.37. The Labute approximate surface area is 114 Å². The molecule has 0 N–H and O–H groups in total. The Morgan fingerprint density at radius 1 is 1.16 bits per heavy atom. The van der Waals surface area contributed by atoms with Gasteiger partial charge in [-0.25, -0.2) is 0 Å². The summed E-state index contributed by atoms with van der Waals surface area (Å²) in [5, 5.41) is 0. The maximum absolute atomic E-state index is 13.0. The second-order valence-electron chi connectivity index (χ2n) is 7.54. The summed E-state index contributed by atoms with van der Waals surface area (Å²) in [5.41, 5.74) is 1.42. The van der Waals surface area contributed by atoms with Gasteiger partial charge in [0.15, 0.2) is 5.78 Å². The molecule has 0 unspecified atom stereocenters. The summed E-state index contributed by atoms with van der Waals surface area (Å²) in [6.07, 6.45) is 2.95. The van der Waals surface area contributed by atoms with Gasteiger partial charge in [0.25, 0.3) is 0 Å². The fraction of sp³-hybridized carbons (Fsp3) is 0.588. The van der Waals surface area contributed by atoms with Crippen molar-refractivity contribution in [1.29, 1.82) is 0 Å². The molecule has 3 atom stereocenters. The van der Waals surface area contributed by atoms with Crippen molar-refractivity contribution in [2.75, 3.05) is 0 Å². The number of fused-ring (bicyclic) bond motifs is 3. The van der Waals surface area contributed by atoms with E-state index in [1.807, 2.05) is 18.2 Å². The van der Waals surface area contributed by atoms with Gasteiger partial charge in [-0.1, -0.05) is 38.1 Å². The number of hydrogen-bond acceptors (Lipinski definition) is 2. The van der Waals surface area contributed by atoms with Gasteiger partial charge in [-0.05, 0) is 43.1 Å². The highest BCUT2D eigenvalue weighted by Crippen LogP contribution is 2.64.